The van der Waals surface area contributed by atoms with E-state index in [1.54, 1.807) is 0 Å². The van der Waals surface area contributed by atoms with Crippen LogP contribution in [0, 0.1) is 0 Å². The normalized spacial score (nSPS) is 18.0. The van der Waals surface area contributed by atoms with Crippen LogP contribution in [0.5, 0.6) is 5.75 Å². The van der Waals surface area contributed by atoms with Gasteiger partial charge in [-0.2, -0.15) is 0 Å². The molecule has 5 heteroatoms. The molecule has 4 rings (SSSR count). The molecule has 0 amide bonds. The molecule has 158 valence electrons. The van der Waals surface area contributed by atoms with E-state index in [2.05, 4.69) is 51.2 Å². The molecule has 1 saturated heterocycles. The molecule has 1 aliphatic rings. The number of aliphatic hydroxyl groups excluding tert-OH is 1. The molecule has 1 aromatic heterocycles. The number of hydrogen-bond acceptors (Lipinski definition) is 5. The predicted molar refractivity (Wildman–Crippen MR) is 121 cm³/mol. The molecular formula is C25H31N3O2. The lowest BCUT2D eigenvalue weighted by atomic mass is 10.0. The van der Waals surface area contributed by atoms with Crippen molar-refractivity contribution in [2.75, 3.05) is 32.8 Å². The summed E-state index contributed by atoms with van der Waals surface area (Å²) in [4.78, 5) is 9.61. The second-order valence-electron chi connectivity index (χ2n) is 7.94. The largest absolute Gasteiger partial charge is 0.494 e. The molecule has 1 atom stereocenters. The third-order valence-electron chi connectivity index (χ3n) is 5.88. The number of aliphatic hydroxyl groups is 1. The van der Waals surface area contributed by atoms with Crippen molar-refractivity contribution in [1.82, 2.24) is 14.8 Å². The highest BCUT2D eigenvalue weighted by Gasteiger charge is 2.27. The van der Waals surface area contributed by atoms with Crippen LogP contribution in [0.4, 0.5) is 0 Å². The van der Waals surface area contributed by atoms with Gasteiger partial charge in [0.05, 0.1) is 12.1 Å². The second kappa shape index (κ2) is 10.0. The summed E-state index contributed by atoms with van der Waals surface area (Å²) in [6, 6.07) is 19.3. The average molecular weight is 406 g/mol. The van der Waals surface area contributed by atoms with Crippen LogP contribution in [0.15, 0.2) is 60.8 Å². The summed E-state index contributed by atoms with van der Waals surface area (Å²) < 4.78 is 5.55. The fourth-order valence-electron chi connectivity index (χ4n) is 4.36. The zero-order chi connectivity index (χ0) is 20.8. The predicted octanol–water partition coefficient (Wildman–Crippen LogP) is 3.70. The molecule has 3 aromatic rings. The van der Waals surface area contributed by atoms with Gasteiger partial charge in [0, 0.05) is 57.0 Å². The molecule has 1 aliphatic heterocycles. The van der Waals surface area contributed by atoms with E-state index in [0.29, 0.717) is 12.6 Å². The minimum absolute atomic E-state index is 0.216. The number of fused-ring (bicyclic) bond motifs is 1. The lowest BCUT2D eigenvalue weighted by molar-refractivity contribution is 0.0501. The second-order valence-corrected chi connectivity index (χ2v) is 7.94. The minimum atomic E-state index is 0.216. The van der Waals surface area contributed by atoms with Crippen molar-refractivity contribution in [2.24, 2.45) is 0 Å². The number of rotatable bonds is 8. The SMILES string of the molecule is CCOc1ccc(CN2CCN(Cc3cccc4cccnc34)C[C@@H]2CCO)cc1. The smallest absolute Gasteiger partial charge is 0.119 e. The summed E-state index contributed by atoms with van der Waals surface area (Å²) in [5.74, 6) is 0.918. The molecule has 30 heavy (non-hydrogen) atoms. The van der Waals surface area contributed by atoms with E-state index < -0.39 is 0 Å². The van der Waals surface area contributed by atoms with Crippen LogP contribution in [-0.2, 0) is 13.1 Å². The van der Waals surface area contributed by atoms with Crippen LogP contribution in [-0.4, -0.2) is 58.8 Å². The Morgan fingerprint density at radius 1 is 1.03 bits per heavy atom. The molecule has 1 fully saturated rings. The number of ether oxygens (including phenoxy) is 1. The molecule has 0 unspecified atom stereocenters. The Kier molecular flexibility index (Phi) is 6.95. The van der Waals surface area contributed by atoms with E-state index in [1.165, 1.54) is 16.5 Å². The van der Waals surface area contributed by atoms with Crippen LogP contribution in [0.25, 0.3) is 10.9 Å². The van der Waals surface area contributed by atoms with Crippen molar-refractivity contribution in [2.45, 2.75) is 32.5 Å². The van der Waals surface area contributed by atoms with Crippen molar-refractivity contribution in [3.8, 4) is 5.75 Å². The summed E-state index contributed by atoms with van der Waals surface area (Å²) in [6.07, 6.45) is 2.66. The molecule has 0 saturated carbocycles. The topological polar surface area (TPSA) is 48.8 Å². The molecule has 0 radical (unpaired) electrons. The third kappa shape index (κ3) is 4.98. The first-order valence-electron chi connectivity index (χ1n) is 10.9. The minimum Gasteiger partial charge on any atom is -0.494 e. The number of piperazine rings is 1. The summed E-state index contributed by atoms with van der Waals surface area (Å²) in [5.41, 5.74) is 3.65. The Morgan fingerprint density at radius 3 is 2.67 bits per heavy atom. The Hall–Kier alpha value is -2.47. The van der Waals surface area contributed by atoms with Crippen LogP contribution in [0.2, 0.25) is 0 Å². The third-order valence-corrected chi connectivity index (χ3v) is 5.88. The first-order chi connectivity index (χ1) is 14.8. The Labute approximate surface area is 178 Å². The summed E-state index contributed by atoms with van der Waals surface area (Å²) >= 11 is 0. The summed E-state index contributed by atoms with van der Waals surface area (Å²) in [5, 5.41) is 10.8. The molecule has 1 N–H and O–H groups in total. The van der Waals surface area contributed by atoms with E-state index in [9.17, 15) is 5.11 Å². The van der Waals surface area contributed by atoms with Gasteiger partial charge in [-0.3, -0.25) is 14.8 Å². The van der Waals surface area contributed by atoms with E-state index >= 15 is 0 Å². The first-order valence-corrected chi connectivity index (χ1v) is 10.9. The molecule has 0 bridgehead atoms. The number of para-hydroxylation sites is 1. The van der Waals surface area contributed by atoms with Gasteiger partial charge in [-0.25, -0.2) is 0 Å². The maximum Gasteiger partial charge on any atom is 0.119 e. The summed E-state index contributed by atoms with van der Waals surface area (Å²) in [7, 11) is 0. The molecule has 0 aliphatic carbocycles. The van der Waals surface area contributed by atoms with Gasteiger partial charge >= 0.3 is 0 Å². The first kappa shape index (κ1) is 20.8. The molecule has 2 heterocycles. The van der Waals surface area contributed by atoms with Crippen molar-refractivity contribution in [3.63, 3.8) is 0 Å². The summed E-state index contributed by atoms with van der Waals surface area (Å²) in [6.45, 7) is 7.67. The number of pyridine rings is 1. The van der Waals surface area contributed by atoms with E-state index in [-0.39, 0.29) is 6.61 Å². The van der Waals surface area contributed by atoms with Crippen molar-refractivity contribution < 1.29 is 9.84 Å². The van der Waals surface area contributed by atoms with Gasteiger partial charge in [0.2, 0.25) is 0 Å². The van der Waals surface area contributed by atoms with Gasteiger partial charge in [0.25, 0.3) is 0 Å². The number of benzene rings is 2. The maximum absolute atomic E-state index is 9.64. The fourth-order valence-corrected chi connectivity index (χ4v) is 4.36. The quantitative estimate of drug-likeness (QED) is 0.619. The number of aromatic nitrogens is 1. The van der Waals surface area contributed by atoms with Gasteiger partial charge in [-0.1, -0.05) is 36.4 Å². The molecule has 5 nitrogen and oxygen atoms in total. The molecule has 0 spiro atoms. The highest BCUT2D eigenvalue weighted by atomic mass is 16.5. The van der Waals surface area contributed by atoms with Gasteiger partial charge in [0.15, 0.2) is 0 Å². The fraction of sp³-hybridized carbons (Fsp3) is 0.400. The van der Waals surface area contributed by atoms with Crippen LogP contribution >= 0.6 is 0 Å². The van der Waals surface area contributed by atoms with Gasteiger partial charge in [-0.15, -0.1) is 0 Å². The zero-order valence-corrected chi connectivity index (χ0v) is 17.7. The van der Waals surface area contributed by atoms with E-state index in [4.69, 9.17) is 4.74 Å². The highest BCUT2D eigenvalue weighted by molar-refractivity contribution is 5.81. The monoisotopic (exact) mass is 405 g/mol. The van der Waals surface area contributed by atoms with Crippen LogP contribution < -0.4 is 4.74 Å². The maximum atomic E-state index is 9.64. The lowest BCUT2D eigenvalue weighted by Gasteiger charge is -2.41. The molecular weight excluding hydrogens is 374 g/mol. The Morgan fingerprint density at radius 2 is 1.87 bits per heavy atom. The van der Waals surface area contributed by atoms with Crippen LogP contribution in [0.3, 0.4) is 0 Å². The Bertz CT molecular complexity index is 939. The standard InChI is InChI=1S/C25H31N3O2/c1-2-30-24-10-8-20(9-11-24)17-28-15-14-27(19-23(28)12-16-29)18-22-6-3-5-21-7-4-13-26-25(21)22/h3-11,13,23,29H,2,12,14-19H2,1H3/t23-/m0/s1. The Balaban J connectivity index is 1.42. The van der Waals surface area contributed by atoms with E-state index in [0.717, 1.165) is 50.4 Å². The molecule has 2 aromatic carbocycles. The number of hydrogen-bond donors (Lipinski definition) is 1. The zero-order valence-electron chi connectivity index (χ0n) is 17.7. The van der Waals surface area contributed by atoms with Gasteiger partial charge in [0.1, 0.15) is 5.75 Å². The van der Waals surface area contributed by atoms with Crippen molar-refractivity contribution in [1.29, 1.82) is 0 Å². The van der Waals surface area contributed by atoms with E-state index in [1.807, 2.05) is 31.3 Å². The number of nitrogens with zero attached hydrogens (tertiary/aromatic N) is 3. The van der Waals surface area contributed by atoms with Crippen molar-refractivity contribution in [3.05, 3.63) is 71.9 Å². The average Bonchev–Trinajstić information content (AvgIpc) is 2.77. The van der Waals surface area contributed by atoms with Crippen LogP contribution in [0.1, 0.15) is 24.5 Å². The highest BCUT2D eigenvalue weighted by Crippen LogP contribution is 2.22. The lowest BCUT2D eigenvalue weighted by Crippen LogP contribution is -2.52. The van der Waals surface area contributed by atoms with Gasteiger partial charge < -0.3 is 9.84 Å². The van der Waals surface area contributed by atoms with Crippen molar-refractivity contribution >= 4 is 10.9 Å². The van der Waals surface area contributed by atoms with Gasteiger partial charge in [-0.05, 0) is 42.7 Å².